The van der Waals surface area contributed by atoms with E-state index in [9.17, 15) is 9.18 Å². The Kier molecular flexibility index (Phi) is 3.23. The van der Waals surface area contributed by atoms with Gasteiger partial charge in [0.15, 0.2) is 5.78 Å². The number of Topliss-reactive ketones (excluding diaryl/α,β-unsaturated/α-hetero) is 1. The first-order valence-corrected chi connectivity index (χ1v) is 3.92. The highest BCUT2D eigenvalue weighted by atomic mass is 35.5. The summed E-state index contributed by atoms with van der Waals surface area (Å²) in [5.74, 6) is -0.419. The Bertz CT molecular complexity index is 286. The van der Waals surface area contributed by atoms with Gasteiger partial charge in [-0.05, 0) is 17.7 Å². The number of hydrogen-bond acceptors (Lipinski definition) is 1. The first-order chi connectivity index (χ1) is 5.72. The fourth-order valence-electron chi connectivity index (χ4n) is 0.922. The summed E-state index contributed by atoms with van der Waals surface area (Å²) in [6, 6.07) is 6.86. The van der Waals surface area contributed by atoms with Crippen LogP contribution in [0.5, 0.6) is 0 Å². The molecule has 1 rings (SSSR count). The van der Waals surface area contributed by atoms with Crippen molar-refractivity contribution in [2.75, 3.05) is 6.67 Å². The summed E-state index contributed by atoms with van der Waals surface area (Å²) in [7, 11) is 0. The molecule has 0 unspecified atom stereocenters. The third-order valence-electron chi connectivity index (χ3n) is 1.44. The number of alkyl halides is 1. The quantitative estimate of drug-likeness (QED) is 0.709. The van der Waals surface area contributed by atoms with Crippen LogP contribution in [-0.4, -0.2) is 12.5 Å². The standard InChI is InChI=1S/C9H8ClFO/c10-8-3-1-2-7(4-8)5-9(12)6-11/h1-4H,5-6H2. The molecule has 0 aromatic heterocycles. The zero-order valence-electron chi connectivity index (χ0n) is 6.39. The van der Waals surface area contributed by atoms with Gasteiger partial charge in [-0.15, -0.1) is 0 Å². The monoisotopic (exact) mass is 186 g/mol. The van der Waals surface area contributed by atoms with E-state index in [1.807, 2.05) is 0 Å². The minimum absolute atomic E-state index is 0.122. The molecule has 0 heterocycles. The molecular formula is C9H8ClFO. The molecule has 0 spiro atoms. The normalized spacial score (nSPS) is 9.83. The lowest BCUT2D eigenvalue weighted by atomic mass is 10.1. The van der Waals surface area contributed by atoms with Crippen molar-refractivity contribution < 1.29 is 9.18 Å². The van der Waals surface area contributed by atoms with Crippen molar-refractivity contribution in [2.24, 2.45) is 0 Å². The smallest absolute Gasteiger partial charge is 0.168 e. The van der Waals surface area contributed by atoms with Crippen LogP contribution in [0, 0.1) is 0 Å². The molecule has 64 valence electrons. The third-order valence-corrected chi connectivity index (χ3v) is 1.67. The number of carbonyl (C=O) groups is 1. The largest absolute Gasteiger partial charge is 0.296 e. The Hall–Kier alpha value is -0.890. The average Bonchev–Trinajstić information content (AvgIpc) is 2.04. The van der Waals surface area contributed by atoms with Crippen molar-refractivity contribution in [3.63, 3.8) is 0 Å². The Morgan fingerprint density at radius 1 is 1.50 bits per heavy atom. The molecular weight excluding hydrogens is 179 g/mol. The number of hydrogen-bond donors (Lipinski definition) is 0. The summed E-state index contributed by atoms with van der Waals surface area (Å²) in [4.78, 5) is 10.7. The van der Waals surface area contributed by atoms with Crippen molar-refractivity contribution in [2.45, 2.75) is 6.42 Å². The van der Waals surface area contributed by atoms with Crippen LogP contribution in [0.3, 0.4) is 0 Å². The molecule has 1 aromatic rings. The van der Waals surface area contributed by atoms with Gasteiger partial charge in [0, 0.05) is 11.4 Å². The van der Waals surface area contributed by atoms with E-state index in [1.54, 1.807) is 24.3 Å². The number of ketones is 1. The molecule has 0 aliphatic heterocycles. The molecule has 3 heteroatoms. The SMILES string of the molecule is O=C(CF)Cc1cccc(Cl)c1. The van der Waals surface area contributed by atoms with Crippen molar-refractivity contribution in [1.82, 2.24) is 0 Å². The van der Waals surface area contributed by atoms with E-state index < -0.39 is 12.5 Å². The summed E-state index contributed by atoms with van der Waals surface area (Å²) in [6.45, 7) is -0.910. The van der Waals surface area contributed by atoms with Crippen LogP contribution in [-0.2, 0) is 11.2 Å². The molecule has 0 saturated heterocycles. The lowest BCUT2D eigenvalue weighted by Gasteiger charge is -1.97. The molecule has 0 fully saturated rings. The third kappa shape index (κ3) is 2.62. The van der Waals surface area contributed by atoms with E-state index in [1.165, 1.54) is 0 Å². The maximum Gasteiger partial charge on any atom is 0.168 e. The van der Waals surface area contributed by atoms with Crippen LogP contribution in [0.25, 0.3) is 0 Å². The van der Waals surface area contributed by atoms with Crippen LogP contribution in [0.1, 0.15) is 5.56 Å². The molecule has 0 aliphatic carbocycles. The highest BCUT2D eigenvalue weighted by Gasteiger charge is 2.02. The minimum Gasteiger partial charge on any atom is -0.296 e. The summed E-state index contributed by atoms with van der Waals surface area (Å²) < 4.78 is 11.8. The van der Waals surface area contributed by atoms with Crippen LogP contribution in [0.2, 0.25) is 5.02 Å². The molecule has 0 aliphatic rings. The van der Waals surface area contributed by atoms with Gasteiger partial charge in [0.25, 0.3) is 0 Å². The van der Waals surface area contributed by atoms with Crippen LogP contribution in [0.15, 0.2) is 24.3 Å². The number of rotatable bonds is 3. The Morgan fingerprint density at radius 2 is 2.25 bits per heavy atom. The Labute approximate surface area is 75.2 Å². The van der Waals surface area contributed by atoms with E-state index in [-0.39, 0.29) is 6.42 Å². The van der Waals surface area contributed by atoms with Crippen LogP contribution in [0.4, 0.5) is 4.39 Å². The molecule has 0 bridgehead atoms. The molecule has 0 saturated carbocycles. The van der Waals surface area contributed by atoms with Gasteiger partial charge in [0.05, 0.1) is 0 Å². The van der Waals surface area contributed by atoms with Gasteiger partial charge in [-0.2, -0.15) is 0 Å². The second-order valence-corrected chi connectivity index (χ2v) is 2.92. The molecule has 1 nitrogen and oxygen atoms in total. The second-order valence-electron chi connectivity index (χ2n) is 2.48. The first-order valence-electron chi connectivity index (χ1n) is 3.54. The molecule has 0 atom stereocenters. The van der Waals surface area contributed by atoms with E-state index >= 15 is 0 Å². The molecule has 0 amide bonds. The van der Waals surface area contributed by atoms with Gasteiger partial charge in [-0.3, -0.25) is 4.79 Å². The number of halogens is 2. The van der Waals surface area contributed by atoms with Crippen molar-refractivity contribution in [3.05, 3.63) is 34.9 Å². The van der Waals surface area contributed by atoms with E-state index in [2.05, 4.69) is 0 Å². The van der Waals surface area contributed by atoms with Gasteiger partial charge in [0.1, 0.15) is 6.67 Å². The summed E-state index contributed by atoms with van der Waals surface area (Å²) in [6.07, 6.45) is 0.122. The Balaban J connectivity index is 2.69. The summed E-state index contributed by atoms with van der Waals surface area (Å²) >= 11 is 5.67. The molecule has 0 N–H and O–H groups in total. The van der Waals surface area contributed by atoms with Crippen molar-refractivity contribution >= 4 is 17.4 Å². The van der Waals surface area contributed by atoms with Gasteiger partial charge in [-0.25, -0.2) is 4.39 Å². The molecule has 1 aromatic carbocycles. The maximum absolute atomic E-state index is 11.8. The lowest BCUT2D eigenvalue weighted by Crippen LogP contribution is -2.03. The van der Waals surface area contributed by atoms with Gasteiger partial charge in [-0.1, -0.05) is 23.7 Å². The fraction of sp³-hybridized carbons (Fsp3) is 0.222. The molecule has 12 heavy (non-hydrogen) atoms. The average molecular weight is 187 g/mol. The predicted octanol–water partition coefficient (Wildman–Crippen LogP) is 2.42. The summed E-state index contributed by atoms with van der Waals surface area (Å²) in [5, 5.41) is 0.569. The van der Waals surface area contributed by atoms with Gasteiger partial charge < -0.3 is 0 Å². The topological polar surface area (TPSA) is 17.1 Å². The first kappa shape index (κ1) is 9.20. The fourth-order valence-corrected chi connectivity index (χ4v) is 1.13. The Morgan fingerprint density at radius 3 is 2.83 bits per heavy atom. The van der Waals surface area contributed by atoms with Crippen LogP contribution >= 0.6 is 11.6 Å². The van der Waals surface area contributed by atoms with Gasteiger partial charge >= 0.3 is 0 Å². The minimum atomic E-state index is -0.910. The second kappa shape index (κ2) is 4.21. The highest BCUT2D eigenvalue weighted by molar-refractivity contribution is 6.30. The van der Waals surface area contributed by atoms with E-state index in [0.717, 1.165) is 5.56 Å². The molecule has 0 radical (unpaired) electrons. The van der Waals surface area contributed by atoms with E-state index in [4.69, 9.17) is 11.6 Å². The predicted molar refractivity (Wildman–Crippen MR) is 46.1 cm³/mol. The van der Waals surface area contributed by atoms with Gasteiger partial charge in [0.2, 0.25) is 0 Å². The van der Waals surface area contributed by atoms with Crippen LogP contribution < -0.4 is 0 Å². The van der Waals surface area contributed by atoms with E-state index in [0.29, 0.717) is 5.02 Å². The number of benzene rings is 1. The highest BCUT2D eigenvalue weighted by Crippen LogP contribution is 2.11. The summed E-state index contributed by atoms with van der Waals surface area (Å²) in [5.41, 5.74) is 0.755. The lowest BCUT2D eigenvalue weighted by molar-refractivity contribution is -0.119. The van der Waals surface area contributed by atoms with Crippen molar-refractivity contribution in [1.29, 1.82) is 0 Å². The number of carbonyl (C=O) groups excluding carboxylic acids is 1. The zero-order valence-corrected chi connectivity index (χ0v) is 7.14. The zero-order chi connectivity index (χ0) is 8.97. The van der Waals surface area contributed by atoms with Crippen molar-refractivity contribution in [3.8, 4) is 0 Å². The maximum atomic E-state index is 11.8.